The number of benzene rings is 1. The summed E-state index contributed by atoms with van der Waals surface area (Å²) in [6.45, 7) is 9.23. The van der Waals surface area contributed by atoms with Gasteiger partial charge in [0.2, 0.25) is 15.9 Å². The molecule has 4 aliphatic rings. The van der Waals surface area contributed by atoms with Gasteiger partial charge < -0.3 is 16.2 Å². The predicted molar refractivity (Wildman–Crippen MR) is 151 cm³/mol. The molecule has 1 aromatic carbocycles. The van der Waals surface area contributed by atoms with Gasteiger partial charge in [-0.1, -0.05) is 64.1 Å². The van der Waals surface area contributed by atoms with E-state index in [1.807, 2.05) is 19.9 Å². The lowest BCUT2D eigenvalue weighted by Gasteiger charge is -2.49. The minimum absolute atomic E-state index is 0.0395. The molecule has 1 saturated heterocycles. The van der Waals surface area contributed by atoms with Gasteiger partial charge in [0.15, 0.2) is 0 Å². The highest BCUT2D eigenvalue weighted by atomic mass is 32.2. The van der Waals surface area contributed by atoms with Gasteiger partial charge in [-0.05, 0) is 66.9 Å². The average Bonchev–Trinajstić information content (AvgIpc) is 3.38. The van der Waals surface area contributed by atoms with Gasteiger partial charge in [0, 0.05) is 30.5 Å². The zero-order chi connectivity index (χ0) is 27.6. The van der Waals surface area contributed by atoms with Crippen LogP contribution in [0.15, 0.2) is 30.3 Å². The number of carbonyl (C=O) groups excluding carboxylic acids is 1. The highest BCUT2D eigenvalue weighted by molar-refractivity contribution is 7.89. The van der Waals surface area contributed by atoms with Crippen molar-refractivity contribution in [2.45, 2.75) is 83.3 Å². The van der Waals surface area contributed by atoms with E-state index in [1.54, 1.807) is 4.31 Å². The Morgan fingerprint density at radius 3 is 2.53 bits per heavy atom. The van der Waals surface area contributed by atoms with Crippen LogP contribution < -0.4 is 11.1 Å². The molecule has 1 aliphatic heterocycles. The van der Waals surface area contributed by atoms with Crippen LogP contribution in [0.2, 0.25) is 0 Å². The van der Waals surface area contributed by atoms with E-state index in [0.29, 0.717) is 32.4 Å². The van der Waals surface area contributed by atoms with Crippen LogP contribution in [0.25, 0.3) is 6.08 Å². The normalized spacial score (nSPS) is 32.1. The summed E-state index contributed by atoms with van der Waals surface area (Å²) in [7, 11) is -3.64. The average molecular weight is 544 g/mol. The zero-order valence-electron chi connectivity index (χ0n) is 23.4. The van der Waals surface area contributed by atoms with E-state index in [1.165, 1.54) is 11.1 Å². The molecule has 2 bridgehead atoms. The van der Waals surface area contributed by atoms with Gasteiger partial charge in [-0.15, -0.1) is 0 Å². The molecule has 2 saturated carbocycles. The number of rotatable bonds is 8. The van der Waals surface area contributed by atoms with Crippen LogP contribution in [0.4, 0.5) is 0 Å². The van der Waals surface area contributed by atoms with E-state index < -0.39 is 27.1 Å². The van der Waals surface area contributed by atoms with Crippen LogP contribution in [0.3, 0.4) is 0 Å². The number of nitrogens with one attached hydrogen (secondary N) is 1. The highest BCUT2D eigenvalue weighted by Gasteiger charge is 2.72. The van der Waals surface area contributed by atoms with Crippen LogP contribution in [0.5, 0.6) is 0 Å². The summed E-state index contributed by atoms with van der Waals surface area (Å²) in [5, 5.41) is 15.0. The van der Waals surface area contributed by atoms with Gasteiger partial charge >= 0.3 is 0 Å². The molecule has 3 aliphatic carbocycles. The fourth-order valence-electron chi connectivity index (χ4n) is 8.34. The van der Waals surface area contributed by atoms with Crippen LogP contribution in [-0.2, 0) is 20.2 Å². The molecule has 3 fully saturated rings. The lowest BCUT2D eigenvalue weighted by atomic mass is 9.64. The molecular formula is C30H45N3O4S. The maximum atomic E-state index is 14.0. The Morgan fingerprint density at radius 2 is 1.87 bits per heavy atom. The molecule has 4 N–H and O–H groups in total. The van der Waals surface area contributed by atoms with Gasteiger partial charge in [-0.25, -0.2) is 12.7 Å². The van der Waals surface area contributed by atoms with Crippen molar-refractivity contribution in [2.24, 2.45) is 28.4 Å². The first-order chi connectivity index (χ1) is 17.8. The number of amides is 1. The first-order valence-corrected chi connectivity index (χ1v) is 15.9. The molecule has 1 spiro atoms. The number of fused-ring (bicyclic) bond motifs is 4. The number of hydrogen-bond acceptors (Lipinski definition) is 5. The van der Waals surface area contributed by atoms with Crippen molar-refractivity contribution < 1.29 is 18.3 Å². The van der Waals surface area contributed by atoms with Crippen molar-refractivity contribution in [2.75, 3.05) is 25.4 Å². The van der Waals surface area contributed by atoms with E-state index >= 15 is 0 Å². The van der Waals surface area contributed by atoms with Crippen LogP contribution in [0, 0.1) is 22.7 Å². The molecular weight excluding hydrogens is 498 g/mol. The summed E-state index contributed by atoms with van der Waals surface area (Å²) < 4.78 is 29.7. The van der Waals surface area contributed by atoms with Crippen LogP contribution >= 0.6 is 0 Å². The third-order valence-corrected chi connectivity index (χ3v) is 12.8. The van der Waals surface area contributed by atoms with Gasteiger partial charge in [-0.3, -0.25) is 4.79 Å². The summed E-state index contributed by atoms with van der Waals surface area (Å²) in [4.78, 5) is 12.7. The molecule has 0 aromatic heterocycles. The quantitative estimate of drug-likeness (QED) is 0.465. The second kappa shape index (κ2) is 9.43. The topological polar surface area (TPSA) is 113 Å². The molecule has 1 aromatic rings. The SMILES string of the molecule is CC(C)C[C@H](N)C(=O)NC[C@@]1(O)C[C@H]2CC[C@]1(CS(=O)(=O)N1CCC3(C=Cc4ccccc43)CC1)C2(C)C. The van der Waals surface area contributed by atoms with Crippen molar-refractivity contribution in [3.8, 4) is 0 Å². The number of nitrogens with two attached hydrogens (primary N) is 1. The maximum absolute atomic E-state index is 14.0. The summed E-state index contributed by atoms with van der Waals surface area (Å²) in [6, 6.07) is 7.75. The molecule has 0 radical (unpaired) electrons. The smallest absolute Gasteiger partial charge is 0.237 e. The third kappa shape index (κ3) is 4.27. The highest BCUT2D eigenvalue weighted by Crippen LogP contribution is 2.70. The molecule has 5 rings (SSSR count). The largest absolute Gasteiger partial charge is 0.387 e. The Kier molecular flexibility index (Phi) is 6.90. The standard InChI is InChI=1S/C30H45N3O4S/c1-21(2)17-25(31)26(34)32-19-30(35)18-23-10-12-29(30,27(23,3)4)20-38(36,37)33-15-13-28(14-16-33)11-9-22-7-5-6-8-24(22)28/h5-9,11,21,23,25,35H,10,12-20,31H2,1-4H3,(H,32,34)/t23-,25+,29+,30+/m1/s1. The molecule has 210 valence electrons. The Labute approximate surface area is 228 Å². The van der Waals surface area contributed by atoms with E-state index in [-0.39, 0.29) is 40.9 Å². The Hall–Kier alpha value is -1.74. The number of aliphatic hydroxyl groups is 1. The zero-order valence-corrected chi connectivity index (χ0v) is 24.2. The van der Waals surface area contributed by atoms with E-state index in [4.69, 9.17) is 5.73 Å². The third-order valence-electron chi connectivity index (χ3n) is 10.8. The molecule has 1 amide bonds. The lowest BCUT2D eigenvalue weighted by Crippen LogP contribution is -2.60. The Balaban J connectivity index is 1.32. The second-order valence-corrected chi connectivity index (χ2v) is 15.4. The molecule has 0 unspecified atom stereocenters. The fraction of sp³-hybridized carbons (Fsp3) is 0.700. The van der Waals surface area contributed by atoms with E-state index in [9.17, 15) is 18.3 Å². The molecule has 8 heteroatoms. The van der Waals surface area contributed by atoms with E-state index in [2.05, 4.69) is 49.5 Å². The van der Waals surface area contributed by atoms with Gasteiger partial charge in [-0.2, -0.15) is 0 Å². The second-order valence-electron chi connectivity index (χ2n) is 13.5. The Bertz CT molecular complexity index is 1220. The van der Waals surface area contributed by atoms with Gasteiger partial charge in [0.1, 0.15) is 0 Å². The van der Waals surface area contributed by atoms with Crippen molar-refractivity contribution in [1.29, 1.82) is 0 Å². The number of nitrogens with zero attached hydrogens (tertiary/aromatic N) is 1. The van der Waals surface area contributed by atoms with E-state index in [0.717, 1.165) is 19.3 Å². The predicted octanol–water partition coefficient (Wildman–Crippen LogP) is 3.42. The maximum Gasteiger partial charge on any atom is 0.237 e. The van der Waals surface area contributed by atoms with Crippen LogP contribution in [-0.4, -0.2) is 60.8 Å². The Morgan fingerprint density at radius 1 is 1.18 bits per heavy atom. The van der Waals surface area contributed by atoms with Crippen molar-refractivity contribution >= 4 is 22.0 Å². The number of piperidine rings is 1. The minimum Gasteiger partial charge on any atom is -0.387 e. The number of allylic oxidation sites excluding steroid dienone is 1. The first-order valence-electron chi connectivity index (χ1n) is 14.3. The molecule has 38 heavy (non-hydrogen) atoms. The van der Waals surface area contributed by atoms with Crippen molar-refractivity contribution in [3.63, 3.8) is 0 Å². The lowest BCUT2D eigenvalue weighted by molar-refractivity contribution is -0.127. The fourth-order valence-corrected chi connectivity index (χ4v) is 10.7. The summed E-state index contributed by atoms with van der Waals surface area (Å²) >= 11 is 0. The molecule has 4 atom stereocenters. The first kappa shape index (κ1) is 27.8. The summed E-state index contributed by atoms with van der Waals surface area (Å²) in [5.41, 5.74) is 6.05. The molecule has 1 heterocycles. The van der Waals surface area contributed by atoms with Crippen molar-refractivity contribution in [1.82, 2.24) is 9.62 Å². The summed E-state index contributed by atoms with van der Waals surface area (Å²) in [6.07, 6.45) is 8.54. The molecule has 7 nitrogen and oxygen atoms in total. The van der Waals surface area contributed by atoms with Crippen LogP contribution in [0.1, 0.15) is 77.3 Å². The summed E-state index contributed by atoms with van der Waals surface area (Å²) in [5.74, 6) is 0.132. The number of carbonyl (C=O) groups is 1. The van der Waals surface area contributed by atoms with Gasteiger partial charge in [0.05, 0.1) is 17.4 Å². The minimum atomic E-state index is -3.64. The van der Waals surface area contributed by atoms with Gasteiger partial charge in [0.25, 0.3) is 0 Å². The number of sulfonamides is 1. The monoisotopic (exact) mass is 543 g/mol. The van der Waals surface area contributed by atoms with Crippen molar-refractivity contribution in [3.05, 3.63) is 41.5 Å². The number of hydrogen-bond donors (Lipinski definition) is 3.